The molecule has 6 nitrogen and oxygen atoms in total. The van der Waals surface area contributed by atoms with E-state index in [2.05, 4.69) is 9.88 Å². The fraction of sp³-hybridized carbons (Fsp3) is 0.111. The van der Waals surface area contributed by atoms with Crippen molar-refractivity contribution in [3.63, 3.8) is 0 Å². The fourth-order valence-corrected chi connectivity index (χ4v) is 4.16. The zero-order chi connectivity index (χ0) is 23.5. The van der Waals surface area contributed by atoms with E-state index in [1.807, 2.05) is 72.9 Å². The first kappa shape index (κ1) is 21.6. The van der Waals surface area contributed by atoms with Crippen molar-refractivity contribution in [2.75, 3.05) is 6.79 Å². The maximum Gasteiger partial charge on any atom is 0.262 e. The Kier molecular flexibility index (Phi) is 5.94. The number of nitrogens with one attached hydrogen (secondary N) is 1. The number of rotatable bonds is 6. The zero-order valence-electron chi connectivity index (χ0n) is 18.1. The Morgan fingerprint density at radius 1 is 1.09 bits per heavy atom. The highest BCUT2D eigenvalue weighted by atomic mass is 35.5. The molecular weight excluding hydrogens is 450 g/mol. The van der Waals surface area contributed by atoms with Gasteiger partial charge in [-0.25, -0.2) is 0 Å². The largest absolute Gasteiger partial charge is 0.454 e. The molecule has 0 saturated heterocycles. The number of aromatic nitrogens is 1. The van der Waals surface area contributed by atoms with Crippen molar-refractivity contribution >= 4 is 34.5 Å². The average molecular weight is 470 g/mol. The maximum atomic E-state index is 12.8. The molecule has 0 bridgehead atoms. The molecule has 5 rings (SSSR count). The summed E-state index contributed by atoms with van der Waals surface area (Å²) < 4.78 is 12.8. The number of nitrogens with zero attached hydrogens (tertiary/aromatic N) is 2. The average Bonchev–Trinajstić information content (AvgIpc) is 3.47. The molecule has 1 amide bonds. The highest BCUT2D eigenvalue weighted by Crippen LogP contribution is 2.32. The van der Waals surface area contributed by atoms with E-state index >= 15 is 0 Å². The Hall–Kier alpha value is -4.21. The molecule has 0 atom stereocenters. The number of halogens is 1. The highest BCUT2D eigenvalue weighted by Gasteiger charge is 2.15. The minimum Gasteiger partial charge on any atom is -0.454 e. The van der Waals surface area contributed by atoms with Gasteiger partial charge in [0.1, 0.15) is 11.6 Å². The molecule has 1 N–H and O–H groups in total. The minimum absolute atomic E-state index is 0.0291. The summed E-state index contributed by atoms with van der Waals surface area (Å²) in [7, 11) is 0. The first-order chi connectivity index (χ1) is 16.6. The van der Waals surface area contributed by atoms with Crippen molar-refractivity contribution in [3.8, 4) is 17.6 Å². The van der Waals surface area contributed by atoms with Crippen molar-refractivity contribution in [2.24, 2.45) is 0 Å². The van der Waals surface area contributed by atoms with Gasteiger partial charge in [0.25, 0.3) is 5.91 Å². The van der Waals surface area contributed by atoms with Crippen molar-refractivity contribution in [3.05, 3.63) is 100 Å². The summed E-state index contributed by atoms with van der Waals surface area (Å²) in [5.74, 6) is 0.887. The summed E-state index contributed by atoms with van der Waals surface area (Å²) >= 11 is 6.36. The third-order valence-corrected chi connectivity index (χ3v) is 6.04. The predicted molar refractivity (Wildman–Crippen MR) is 130 cm³/mol. The summed E-state index contributed by atoms with van der Waals surface area (Å²) in [5, 5.41) is 14.1. The summed E-state index contributed by atoms with van der Waals surface area (Å²) in [5.41, 5.74) is 3.65. The van der Waals surface area contributed by atoms with Gasteiger partial charge in [0.2, 0.25) is 6.79 Å². The van der Waals surface area contributed by atoms with Crippen LogP contribution in [-0.2, 0) is 17.9 Å². The van der Waals surface area contributed by atoms with Crippen molar-refractivity contribution in [1.29, 1.82) is 5.26 Å². The SMILES string of the molecule is N#C/C(=C\c1cn(Cc2ccccc2Cl)c2ccccc12)C(=O)NCc1ccc2c(c1)OCO2. The number of fused-ring (bicyclic) bond motifs is 2. The van der Waals surface area contributed by atoms with Gasteiger partial charge in [0, 0.05) is 40.8 Å². The number of benzene rings is 3. The quantitative estimate of drug-likeness (QED) is 0.307. The van der Waals surface area contributed by atoms with Crippen molar-refractivity contribution in [2.45, 2.75) is 13.1 Å². The molecule has 0 unspecified atom stereocenters. The van der Waals surface area contributed by atoms with Gasteiger partial charge in [-0.05, 0) is 41.5 Å². The molecule has 0 saturated carbocycles. The highest BCUT2D eigenvalue weighted by molar-refractivity contribution is 6.31. The molecule has 34 heavy (non-hydrogen) atoms. The zero-order valence-corrected chi connectivity index (χ0v) is 18.9. The Morgan fingerprint density at radius 2 is 1.88 bits per heavy atom. The lowest BCUT2D eigenvalue weighted by Crippen LogP contribution is -2.23. The molecule has 1 aliphatic rings. The van der Waals surface area contributed by atoms with Crippen LogP contribution in [0.15, 0.2) is 78.5 Å². The third-order valence-electron chi connectivity index (χ3n) is 5.67. The van der Waals surface area contributed by atoms with Crippen LogP contribution in [0.1, 0.15) is 16.7 Å². The van der Waals surface area contributed by atoms with Gasteiger partial charge in [0.15, 0.2) is 11.5 Å². The van der Waals surface area contributed by atoms with E-state index in [9.17, 15) is 10.1 Å². The van der Waals surface area contributed by atoms with E-state index < -0.39 is 5.91 Å². The standard InChI is InChI=1S/C27H20ClN3O3/c28-23-7-3-1-5-19(23)15-31-16-21(22-6-2-4-8-24(22)31)12-20(13-29)27(32)30-14-18-9-10-25-26(11-18)34-17-33-25/h1-12,16H,14-15,17H2,(H,30,32)/b20-12+. The van der Waals surface area contributed by atoms with Gasteiger partial charge in [-0.1, -0.05) is 54.1 Å². The number of ether oxygens (including phenoxy) is 2. The lowest BCUT2D eigenvalue weighted by atomic mass is 10.1. The van der Waals surface area contributed by atoms with E-state index in [0.717, 1.165) is 27.6 Å². The van der Waals surface area contributed by atoms with E-state index in [4.69, 9.17) is 21.1 Å². The number of amides is 1. The maximum absolute atomic E-state index is 12.8. The van der Waals surface area contributed by atoms with Gasteiger partial charge >= 0.3 is 0 Å². The second-order valence-corrected chi connectivity index (χ2v) is 8.27. The summed E-state index contributed by atoms with van der Waals surface area (Å²) in [6, 6.07) is 23.1. The number of hydrogen-bond donors (Lipinski definition) is 1. The van der Waals surface area contributed by atoms with Crippen LogP contribution >= 0.6 is 11.6 Å². The smallest absolute Gasteiger partial charge is 0.262 e. The van der Waals surface area contributed by atoms with Crippen LogP contribution < -0.4 is 14.8 Å². The van der Waals surface area contributed by atoms with Crippen LogP contribution in [0.25, 0.3) is 17.0 Å². The van der Waals surface area contributed by atoms with Crippen LogP contribution in [0, 0.1) is 11.3 Å². The molecule has 0 fully saturated rings. The lowest BCUT2D eigenvalue weighted by Gasteiger charge is -2.07. The summed E-state index contributed by atoms with van der Waals surface area (Å²) in [6.07, 6.45) is 3.57. The monoisotopic (exact) mass is 469 g/mol. The molecule has 1 aromatic heterocycles. The molecule has 2 heterocycles. The summed E-state index contributed by atoms with van der Waals surface area (Å²) in [4.78, 5) is 12.8. The lowest BCUT2D eigenvalue weighted by molar-refractivity contribution is -0.117. The van der Waals surface area contributed by atoms with E-state index in [1.165, 1.54) is 0 Å². The van der Waals surface area contributed by atoms with Crippen LogP contribution in [0.5, 0.6) is 11.5 Å². The molecule has 7 heteroatoms. The first-order valence-electron chi connectivity index (χ1n) is 10.7. The normalized spacial score (nSPS) is 12.5. The third kappa shape index (κ3) is 4.34. The number of carbonyl (C=O) groups is 1. The molecule has 0 aliphatic carbocycles. The molecule has 3 aromatic carbocycles. The minimum atomic E-state index is -0.442. The predicted octanol–water partition coefficient (Wildman–Crippen LogP) is 5.30. The van der Waals surface area contributed by atoms with Crippen LogP contribution in [0.4, 0.5) is 0 Å². The van der Waals surface area contributed by atoms with Gasteiger partial charge in [-0.15, -0.1) is 0 Å². The Balaban J connectivity index is 1.39. The van der Waals surface area contributed by atoms with Crippen molar-refractivity contribution < 1.29 is 14.3 Å². The number of para-hydroxylation sites is 1. The fourth-order valence-electron chi connectivity index (χ4n) is 3.96. The molecule has 4 aromatic rings. The molecular formula is C27H20ClN3O3. The van der Waals surface area contributed by atoms with E-state index in [-0.39, 0.29) is 18.9 Å². The van der Waals surface area contributed by atoms with Crippen LogP contribution in [0.2, 0.25) is 5.02 Å². The van der Waals surface area contributed by atoms with Crippen LogP contribution in [-0.4, -0.2) is 17.3 Å². The van der Waals surface area contributed by atoms with Gasteiger partial charge in [-0.2, -0.15) is 5.26 Å². The Labute approximate surface area is 201 Å². The first-order valence-corrected chi connectivity index (χ1v) is 11.1. The van der Waals surface area contributed by atoms with E-state index in [1.54, 1.807) is 12.1 Å². The van der Waals surface area contributed by atoms with Crippen molar-refractivity contribution in [1.82, 2.24) is 9.88 Å². The van der Waals surface area contributed by atoms with Gasteiger partial charge < -0.3 is 19.4 Å². The van der Waals surface area contributed by atoms with Gasteiger partial charge in [0.05, 0.1) is 0 Å². The molecule has 0 spiro atoms. The van der Waals surface area contributed by atoms with Crippen LogP contribution in [0.3, 0.4) is 0 Å². The summed E-state index contributed by atoms with van der Waals surface area (Å²) in [6.45, 7) is 1.03. The van der Waals surface area contributed by atoms with E-state index in [0.29, 0.717) is 23.1 Å². The molecule has 0 radical (unpaired) electrons. The second kappa shape index (κ2) is 9.34. The topological polar surface area (TPSA) is 76.3 Å². The molecule has 1 aliphatic heterocycles. The Bertz CT molecular complexity index is 1470. The number of carbonyl (C=O) groups excluding carboxylic acids is 1. The number of nitriles is 1. The van der Waals surface area contributed by atoms with Gasteiger partial charge in [-0.3, -0.25) is 4.79 Å². The molecule has 168 valence electrons. The second-order valence-electron chi connectivity index (χ2n) is 7.86. The Morgan fingerprint density at radius 3 is 2.74 bits per heavy atom. The number of hydrogen-bond acceptors (Lipinski definition) is 4.